The number of hydrazone groups is 1. The zero-order valence-corrected chi connectivity index (χ0v) is 12.3. The monoisotopic (exact) mass is 302 g/mol. The van der Waals surface area contributed by atoms with E-state index in [2.05, 4.69) is 22.4 Å². The summed E-state index contributed by atoms with van der Waals surface area (Å²) in [6, 6.07) is 10.2. The highest BCUT2D eigenvalue weighted by Crippen LogP contribution is 2.14. The fourth-order valence-corrected chi connectivity index (χ4v) is 1.89. The lowest BCUT2D eigenvalue weighted by Gasteiger charge is -2.07. The number of halogens is 1. The number of nitrogens with two attached hydrogens (primary N) is 1. The van der Waals surface area contributed by atoms with Crippen molar-refractivity contribution in [1.29, 1.82) is 0 Å². The van der Waals surface area contributed by atoms with Crippen LogP contribution in [0.1, 0.15) is 23.7 Å². The highest BCUT2D eigenvalue weighted by Gasteiger charge is 2.09. The molecule has 1 heterocycles. The highest BCUT2D eigenvalue weighted by atomic mass is 35.5. The molecule has 21 heavy (non-hydrogen) atoms. The molecule has 0 bridgehead atoms. The van der Waals surface area contributed by atoms with Gasteiger partial charge in [-0.05, 0) is 30.2 Å². The van der Waals surface area contributed by atoms with E-state index in [1.807, 2.05) is 12.1 Å². The molecule has 6 heteroatoms. The van der Waals surface area contributed by atoms with Gasteiger partial charge < -0.3 is 5.73 Å². The van der Waals surface area contributed by atoms with Crippen LogP contribution in [0.3, 0.4) is 0 Å². The second-order valence-electron chi connectivity index (χ2n) is 4.35. The van der Waals surface area contributed by atoms with Crippen molar-refractivity contribution in [3.63, 3.8) is 0 Å². The molecule has 108 valence electrons. The second kappa shape index (κ2) is 6.85. The van der Waals surface area contributed by atoms with Crippen molar-refractivity contribution in [3.05, 3.63) is 64.4 Å². The van der Waals surface area contributed by atoms with Gasteiger partial charge in [-0.2, -0.15) is 5.10 Å². The topological polar surface area (TPSA) is 80.4 Å². The lowest BCUT2D eigenvalue weighted by Crippen LogP contribution is -2.26. The van der Waals surface area contributed by atoms with E-state index in [1.165, 1.54) is 0 Å². The average molecular weight is 303 g/mol. The molecule has 1 aromatic carbocycles. The van der Waals surface area contributed by atoms with Crippen LogP contribution < -0.4 is 11.2 Å². The SMILES string of the molecule is CCc1ccc(/C(=N/NC(N)=O)c2ccc(Cl)cc2)nc1. The zero-order valence-electron chi connectivity index (χ0n) is 11.5. The third kappa shape index (κ3) is 4.03. The van der Waals surface area contributed by atoms with E-state index in [0.29, 0.717) is 16.4 Å². The second-order valence-corrected chi connectivity index (χ2v) is 4.79. The molecule has 0 fully saturated rings. The van der Waals surface area contributed by atoms with Crippen LogP contribution >= 0.6 is 11.6 Å². The number of pyridine rings is 1. The Labute approximate surface area is 127 Å². The molecule has 0 aliphatic rings. The lowest BCUT2D eigenvalue weighted by atomic mass is 10.1. The molecular formula is C15H15ClN4O. The van der Waals surface area contributed by atoms with Gasteiger partial charge in [0, 0.05) is 16.8 Å². The number of urea groups is 1. The normalized spacial score (nSPS) is 11.2. The molecule has 5 nitrogen and oxygen atoms in total. The van der Waals surface area contributed by atoms with Gasteiger partial charge in [-0.25, -0.2) is 10.2 Å². The van der Waals surface area contributed by atoms with Crippen LogP contribution in [0, 0.1) is 0 Å². The lowest BCUT2D eigenvalue weighted by molar-refractivity contribution is 0.249. The van der Waals surface area contributed by atoms with Gasteiger partial charge in [0.05, 0.1) is 5.69 Å². The number of hydrogen-bond acceptors (Lipinski definition) is 3. The van der Waals surface area contributed by atoms with Gasteiger partial charge in [0.15, 0.2) is 0 Å². The van der Waals surface area contributed by atoms with Crippen LogP contribution in [0.25, 0.3) is 0 Å². The predicted molar refractivity (Wildman–Crippen MR) is 83.4 cm³/mol. The maximum absolute atomic E-state index is 10.9. The van der Waals surface area contributed by atoms with Crippen LogP contribution in [-0.2, 0) is 6.42 Å². The molecule has 0 spiro atoms. The average Bonchev–Trinajstić information content (AvgIpc) is 2.49. The molecule has 2 rings (SSSR count). The van der Waals surface area contributed by atoms with Gasteiger partial charge in [0.2, 0.25) is 0 Å². The van der Waals surface area contributed by atoms with Gasteiger partial charge in [-0.1, -0.05) is 36.7 Å². The number of amides is 2. The first kappa shape index (κ1) is 15.0. The Morgan fingerprint density at radius 2 is 2.00 bits per heavy atom. The van der Waals surface area contributed by atoms with Crippen molar-refractivity contribution in [2.24, 2.45) is 10.8 Å². The van der Waals surface area contributed by atoms with Crippen molar-refractivity contribution in [1.82, 2.24) is 10.4 Å². The Balaban J connectivity index is 2.41. The van der Waals surface area contributed by atoms with Gasteiger partial charge in [-0.15, -0.1) is 0 Å². The maximum Gasteiger partial charge on any atom is 0.332 e. The van der Waals surface area contributed by atoms with Gasteiger partial charge in [0.1, 0.15) is 5.71 Å². The summed E-state index contributed by atoms with van der Waals surface area (Å²) in [6.07, 6.45) is 2.69. The Morgan fingerprint density at radius 1 is 1.29 bits per heavy atom. The summed E-state index contributed by atoms with van der Waals surface area (Å²) >= 11 is 5.88. The van der Waals surface area contributed by atoms with E-state index in [0.717, 1.165) is 17.5 Å². The summed E-state index contributed by atoms with van der Waals surface area (Å²) < 4.78 is 0. The summed E-state index contributed by atoms with van der Waals surface area (Å²) in [7, 11) is 0. The fourth-order valence-electron chi connectivity index (χ4n) is 1.76. The Bertz CT molecular complexity index is 650. The number of rotatable bonds is 4. The van der Waals surface area contributed by atoms with Crippen molar-refractivity contribution < 1.29 is 4.79 Å². The van der Waals surface area contributed by atoms with Gasteiger partial charge >= 0.3 is 6.03 Å². The molecule has 3 N–H and O–H groups in total. The van der Waals surface area contributed by atoms with E-state index < -0.39 is 6.03 Å². The smallest absolute Gasteiger partial charge is 0.332 e. The van der Waals surface area contributed by atoms with Crippen LogP contribution in [0.15, 0.2) is 47.7 Å². The number of nitrogens with one attached hydrogen (secondary N) is 1. The number of benzene rings is 1. The molecular weight excluding hydrogens is 288 g/mol. The summed E-state index contributed by atoms with van der Waals surface area (Å²) in [5, 5.41) is 4.66. The third-order valence-electron chi connectivity index (χ3n) is 2.87. The highest BCUT2D eigenvalue weighted by molar-refractivity contribution is 6.30. The first-order chi connectivity index (χ1) is 10.1. The van der Waals surface area contributed by atoms with Crippen molar-refractivity contribution in [2.75, 3.05) is 0 Å². The van der Waals surface area contributed by atoms with Crippen molar-refractivity contribution in [3.8, 4) is 0 Å². The van der Waals surface area contributed by atoms with E-state index in [1.54, 1.807) is 30.5 Å². The maximum atomic E-state index is 10.9. The molecule has 0 saturated carbocycles. The third-order valence-corrected chi connectivity index (χ3v) is 3.12. The molecule has 0 atom stereocenters. The van der Waals surface area contributed by atoms with Crippen molar-refractivity contribution >= 4 is 23.3 Å². The number of primary amides is 1. The number of aryl methyl sites for hydroxylation is 1. The minimum Gasteiger partial charge on any atom is -0.350 e. The molecule has 2 aromatic rings. The van der Waals surface area contributed by atoms with E-state index in [-0.39, 0.29) is 0 Å². The first-order valence-corrected chi connectivity index (χ1v) is 6.82. The molecule has 0 radical (unpaired) electrons. The molecule has 0 aliphatic carbocycles. The summed E-state index contributed by atoms with van der Waals surface area (Å²) in [5.74, 6) is 0. The van der Waals surface area contributed by atoms with E-state index in [9.17, 15) is 4.79 Å². The standard InChI is InChI=1S/C15H15ClN4O/c1-2-10-3-8-13(18-9-10)14(19-20-15(17)21)11-4-6-12(16)7-5-11/h3-9H,2H2,1H3,(H3,17,20,21)/b19-14+. The van der Waals surface area contributed by atoms with E-state index >= 15 is 0 Å². The van der Waals surface area contributed by atoms with Crippen LogP contribution in [-0.4, -0.2) is 16.7 Å². The fraction of sp³-hybridized carbons (Fsp3) is 0.133. The summed E-state index contributed by atoms with van der Waals surface area (Å²) in [4.78, 5) is 15.3. The number of carbonyl (C=O) groups is 1. The van der Waals surface area contributed by atoms with Crippen LogP contribution in [0.2, 0.25) is 5.02 Å². The molecule has 0 unspecified atom stereocenters. The minimum absolute atomic E-state index is 0.521. The Morgan fingerprint density at radius 3 is 2.52 bits per heavy atom. The summed E-state index contributed by atoms with van der Waals surface area (Å²) in [6.45, 7) is 2.06. The molecule has 0 aliphatic heterocycles. The first-order valence-electron chi connectivity index (χ1n) is 6.44. The number of carbonyl (C=O) groups excluding carboxylic acids is 1. The number of hydrogen-bond donors (Lipinski definition) is 2. The van der Waals surface area contributed by atoms with Crippen LogP contribution in [0.5, 0.6) is 0 Å². The quantitative estimate of drug-likeness (QED) is 0.672. The molecule has 0 saturated heterocycles. The largest absolute Gasteiger partial charge is 0.350 e. The number of nitrogens with zero attached hydrogens (tertiary/aromatic N) is 2. The van der Waals surface area contributed by atoms with Crippen molar-refractivity contribution in [2.45, 2.75) is 13.3 Å². The Kier molecular flexibility index (Phi) is 4.90. The summed E-state index contributed by atoms with van der Waals surface area (Å²) in [5.41, 5.74) is 10.4. The molecule has 1 aromatic heterocycles. The minimum atomic E-state index is -0.730. The van der Waals surface area contributed by atoms with E-state index in [4.69, 9.17) is 17.3 Å². The van der Waals surface area contributed by atoms with Crippen LogP contribution in [0.4, 0.5) is 4.79 Å². The van der Waals surface area contributed by atoms with Gasteiger partial charge in [0.25, 0.3) is 0 Å². The zero-order chi connectivity index (χ0) is 15.2. The molecule has 2 amide bonds. The predicted octanol–water partition coefficient (Wildman–Crippen LogP) is 2.72. The number of aromatic nitrogens is 1. The Hall–Kier alpha value is -2.40. The van der Waals surface area contributed by atoms with Gasteiger partial charge in [-0.3, -0.25) is 4.98 Å².